The minimum Gasteiger partial charge on any atom is -0.348 e. The van der Waals surface area contributed by atoms with E-state index in [2.05, 4.69) is 48.3 Å². The van der Waals surface area contributed by atoms with Crippen LogP contribution in [0.1, 0.15) is 25.8 Å². The van der Waals surface area contributed by atoms with Crippen LogP contribution in [0.25, 0.3) is 6.08 Å². The highest BCUT2D eigenvalue weighted by Crippen LogP contribution is 2.05. The minimum absolute atomic E-state index is 0.400. The molecule has 2 amide bonds. The Morgan fingerprint density at radius 2 is 1.80 bits per heavy atom. The average molecular weight is 343 g/mol. The van der Waals surface area contributed by atoms with Crippen molar-refractivity contribution < 1.29 is 9.59 Å². The molecule has 25 heavy (non-hydrogen) atoms. The maximum Gasteiger partial charge on any atom is 0.311 e. The first-order valence-electron chi connectivity index (χ1n) is 9.07. The lowest BCUT2D eigenvalue weighted by atomic mass is 10.1. The fourth-order valence-electron chi connectivity index (χ4n) is 2.73. The summed E-state index contributed by atoms with van der Waals surface area (Å²) in [5.41, 5.74) is 1.19. The predicted molar refractivity (Wildman–Crippen MR) is 101 cm³/mol. The zero-order chi connectivity index (χ0) is 18.1. The third kappa shape index (κ3) is 6.70. The second-order valence-corrected chi connectivity index (χ2v) is 6.84. The number of amides is 2. The van der Waals surface area contributed by atoms with Crippen LogP contribution in [0.4, 0.5) is 0 Å². The molecule has 5 nitrogen and oxygen atoms in total. The molecule has 1 aliphatic heterocycles. The van der Waals surface area contributed by atoms with Crippen molar-refractivity contribution in [3.05, 3.63) is 42.0 Å². The maximum atomic E-state index is 12.2. The molecule has 1 aromatic rings. The van der Waals surface area contributed by atoms with Gasteiger partial charge in [0.15, 0.2) is 0 Å². The molecule has 0 saturated carbocycles. The van der Waals surface area contributed by atoms with Gasteiger partial charge in [-0.15, -0.1) is 0 Å². The number of rotatable bonds is 6. The van der Waals surface area contributed by atoms with E-state index in [9.17, 15) is 9.59 Å². The zero-order valence-corrected chi connectivity index (χ0v) is 15.3. The number of nitrogens with one attached hydrogen (secondary N) is 1. The fraction of sp³-hybridized carbons (Fsp3) is 0.500. The van der Waals surface area contributed by atoms with E-state index >= 15 is 0 Å². The van der Waals surface area contributed by atoms with Gasteiger partial charge in [-0.2, -0.15) is 0 Å². The third-order valence-corrected chi connectivity index (χ3v) is 4.33. The van der Waals surface area contributed by atoms with Gasteiger partial charge in [0.2, 0.25) is 0 Å². The number of benzene rings is 1. The molecule has 136 valence electrons. The molecule has 0 aliphatic carbocycles. The second-order valence-electron chi connectivity index (χ2n) is 6.84. The molecule has 0 radical (unpaired) electrons. The van der Waals surface area contributed by atoms with Crippen LogP contribution >= 0.6 is 0 Å². The van der Waals surface area contributed by atoms with E-state index in [1.165, 1.54) is 5.56 Å². The van der Waals surface area contributed by atoms with Gasteiger partial charge in [-0.25, -0.2) is 0 Å². The van der Waals surface area contributed by atoms with Gasteiger partial charge in [0.05, 0.1) is 0 Å². The molecule has 1 N–H and O–H groups in total. The van der Waals surface area contributed by atoms with E-state index in [1.54, 1.807) is 4.90 Å². The lowest BCUT2D eigenvalue weighted by molar-refractivity contribution is -0.146. The van der Waals surface area contributed by atoms with E-state index in [-0.39, 0.29) is 0 Å². The van der Waals surface area contributed by atoms with Gasteiger partial charge in [-0.05, 0) is 17.9 Å². The van der Waals surface area contributed by atoms with Crippen LogP contribution in [0.15, 0.2) is 36.4 Å². The maximum absolute atomic E-state index is 12.2. The SMILES string of the molecule is CC(C)CCNC(=O)C(=O)N1CCN(C/C=C/c2ccccc2)CC1. The van der Waals surface area contributed by atoms with Crippen LogP contribution in [-0.2, 0) is 9.59 Å². The van der Waals surface area contributed by atoms with E-state index in [0.29, 0.717) is 25.6 Å². The number of carbonyl (C=O) groups excluding carboxylic acids is 2. The van der Waals surface area contributed by atoms with Crippen molar-refractivity contribution >= 4 is 17.9 Å². The Morgan fingerprint density at radius 3 is 2.44 bits per heavy atom. The molecule has 1 aromatic carbocycles. The molecular weight excluding hydrogens is 314 g/mol. The highest BCUT2D eigenvalue weighted by atomic mass is 16.2. The highest BCUT2D eigenvalue weighted by Gasteiger charge is 2.25. The summed E-state index contributed by atoms with van der Waals surface area (Å²) in [7, 11) is 0. The summed E-state index contributed by atoms with van der Waals surface area (Å²) >= 11 is 0. The Morgan fingerprint density at radius 1 is 1.12 bits per heavy atom. The van der Waals surface area contributed by atoms with E-state index in [4.69, 9.17) is 0 Å². The van der Waals surface area contributed by atoms with Crippen molar-refractivity contribution in [2.24, 2.45) is 5.92 Å². The Hall–Kier alpha value is -2.14. The van der Waals surface area contributed by atoms with Gasteiger partial charge in [-0.1, -0.05) is 56.3 Å². The quantitative estimate of drug-likeness (QED) is 0.804. The monoisotopic (exact) mass is 343 g/mol. The molecule has 0 atom stereocenters. The van der Waals surface area contributed by atoms with Crippen molar-refractivity contribution in [3.8, 4) is 0 Å². The van der Waals surface area contributed by atoms with Crippen molar-refractivity contribution in [1.29, 1.82) is 0 Å². The standard InChI is InChI=1S/C20H29N3O2/c1-17(2)10-11-21-19(24)20(25)23-15-13-22(14-16-23)12-6-9-18-7-4-3-5-8-18/h3-9,17H,10-16H2,1-2H3,(H,21,24)/b9-6+. The van der Waals surface area contributed by atoms with Crippen molar-refractivity contribution in [2.45, 2.75) is 20.3 Å². The van der Waals surface area contributed by atoms with E-state index in [1.807, 2.05) is 18.2 Å². The van der Waals surface area contributed by atoms with Gasteiger partial charge in [-0.3, -0.25) is 14.5 Å². The molecule has 0 aromatic heterocycles. The topological polar surface area (TPSA) is 52.7 Å². The van der Waals surface area contributed by atoms with Crippen LogP contribution in [0.3, 0.4) is 0 Å². The smallest absolute Gasteiger partial charge is 0.311 e. The average Bonchev–Trinajstić information content (AvgIpc) is 2.62. The Labute approximate surface area is 150 Å². The zero-order valence-electron chi connectivity index (χ0n) is 15.3. The summed E-state index contributed by atoms with van der Waals surface area (Å²) in [5, 5.41) is 2.72. The van der Waals surface area contributed by atoms with Crippen LogP contribution < -0.4 is 5.32 Å². The molecule has 5 heteroatoms. The van der Waals surface area contributed by atoms with Crippen molar-refractivity contribution in [3.63, 3.8) is 0 Å². The summed E-state index contributed by atoms with van der Waals surface area (Å²) in [4.78, 5) is 28.0. The minimum atomic E-state index is -0.474. The van der Waals surface area contributed by atoms with E-state index in [0.717, 1.165) is 26.1 Å². The summed E-state index contributed by atoms with van der Waals surface area (Å²) in [5.74, 6) is -0.357. The number of carbonyl (C=O) groups is 2. The molecule has 0 spiro atoms. The number of hydrogen-bond acceptors (Lipinski definition) is 3. The van der Waals surface area contributed by atoms with Crippen molar-refractivity contribution in [2.75, 3.05) is 39.3 Å². The summed E-state index contributed by atoms with van der Waals surface area (Å²) < 4.78 is 0. The third-order valence-electron chi connectivity index (χ3n) is 4.33. The molecule has 0 unspecified atom stereocenters. The first-order valence-corrected chi connectivity index (χ1v) is 9.07. The molecule has 1 aliphatic rings. The predicted octanol–water partition coefficient (Wildman–Crippen LogP) is 2.01. The van der Waals surface area contributed by atoms with Gasteiger partial charge in [0.1, 0.15) is 0 Å². The first-order chi connectivity index (χ1) is 12.1. The van der Waals surface area contributed by atoms with Crippen LogP contribution in [0.5, 0.6) is 0 Å². The van der Waals surface area contributed by atoms with Gasteiger partial charge >= 0.3 is 11.8 Å². The second kappa shape index (κ2) is 9.99. The number of piperazine rings is 1. The molecule has 1 fully saturated rings. The van der Waals surface area contributed by atoms with Crippen molar-refractivity contribution in [1.82, 2.24) is 15.1 Å². The molecule has 0 bridgehead atoms. The van der Waals surface area contributed by atoms with Crippen LogP contribution in [0, 0.1) is 5.92 Å². The largest absolute Gasteiger partial charge is 0.348 e. The normalized spacial score (nSPS) is 15.7. The lowest BCUT2D eigenvalue weighted by Gasteiger charge is -2.33. The fourth-order valence-corrected chi connectivity index (χ4v) is 2.73. The van der Waals surface area contributed by atoms with Crippen LogP contribution in [0.2, 0.25) is 0 Å². The highest BCUT2D eigenvalue weighted by molar-refractivity contribution is 6.35. The summed E-state index contributed by atoms with van der Waals surface area (Å²) in [6.07, 6.45) is 5.14. The Kier molecular flexibility index (Phi) is 7.67. The Balaban J connectivity index is 1.69. The summed E-state index contributed by atoms with van der Waals surface area (Å²) in [6, 6.07) is 10.2. The number of nitrogens with zero attached hydrogens (tertiary/aromatic N) is 2. The van der Waals surface area contributed by atoms with E-state index < -0.39 is 11.8 Å². The molecular formula is C20H29N3O2. The molecule has 1 saturated heterocycles. The van der Waals surface area contributed by atoms with Gasteiger partial charge < -0.3 is 10.2 Å². The van der Waals surface area contributed by atoms with Crippen LogP contribution in [-0.4, -0.2) is 60.9 Å². The van der Waals surface area contributed by atoms with Gasteiger partial charge in [0.25, 0.3) is 0 Å². The lowest BCUT2D eigenvalue weighted by Crippen LogP contribution is -2.52. The number of hydrogen-bond donors (Lipinski definition) is 1. The first kappa shape index (κ1) is 19.2. The Bertz CT molecular complexity index is 576. The van der Waals surface area contributed by atoms with Gasteiger partial charge in [0, 0.05) is 39.3 Å². The molecule has 2 rings (SSSR count). The molecule has 1 heterocycles. The summed E-state index contributed by atoms with van der Waals surface area (Å²) in [6.45, 7) is 8.42.